The zero-order chi connectivity index (χ0) is 10.4. The fraction of sp³-hybridized carbons (Fsp3) is 0.182. The van der Waals surface area contributed by atoms with Crippen LogP contribution in [0.3, 0.4) is 0 Å². The van der Waals surface area contributed by atoms with Crippen LogP contribution in [0.4, 0.5) is 0 Å². The molecule has 0 spiro atoms. The standard InChI is InChI=1S/C11H8ClNO/c1-14-11-5-4-9(3-2-6-12)7-10(11)8-13/h4-5,7H,6H2,1H3. The monoisotopic (exact) mass is 205 g/mol. The number of alkyl halides is 1. The van der Waals surface area contributed by atoms with Crippen LogP contribution in [0.1, 0.15) is 11.1 Å². The van der Waals surface area contributed by atoms with Crippen LogP contribution in [-0.4, -0.2) is 13.0 Å². The fourth-order valence-corrected chi connectivity index (χ4v) is 1.08. The number of hydrogen-bond donors (Lipinski definition) is 0. The Labute approximate surface area is 88.1 Å². The van der Waals surface area contributed by atoms with Gasteiger partial charge < -0.3 is 4.74 Å². The summed E-state index contributed by atoms with van der Waals surface area (Å²) in [5.74, 6) is 6.40. The molecule has 0 N–H and O–H groups in total. The van der Waals surface area contributed by atoms with Crippen molar-refractivity contribution in [3.8, 4) is 23.7 Å². The van der Waals surface area contributed by atoms with Crippen molar-refractivity contribution in [1.82, 2.24) is 0 Å². The van der Waals surface area contributed by atoms with Crippen molar-refractivity contribution in [2.45, 2.75) is 0 Å². The number of benzene rings is 1. The summed E-state index contributed by atoms with van der Waals surface area (Å²) in [7, 11) is 1.53. The van der Waals surface area contributed by atoms with Gasteiger partial charge in [0.05, 0.1) is 18.6 Å². The van der Waals surface area contributed by atoms with Crippen molar-refractivity contribution < 1.29 is 4.74 Å². The topological polar surface area (TPSA) is 33.0 Å². The first-order chi connectivity index (χ1) is 6.81. The van der Waals surface area contributed by atoms with Gasteiger partial charge in [-0.2, -0.15) is 5.26 Å². The number of ether oxygens (including phenoxy) is 1. The number of methoxy groups -OCH3 is 1. The van der Waals surface area contributed by atoms with Crippen molar-refractivity contribution in [1.29, 1.82) is 5.26 Å². The van der Waals surface area contributed by atoms with Crippen molar-refractivity contribution in [2.24, 2.45) is 0 Å². The highest BCUT2D eigenvalue weighted by Crippen LogP contribution is 2.17. The fourth-order valence-electron chi connectivity index (χ4n) is 1.01. The molecular weight excluding hydrogens is 198 g/mol. The summed E-state index contributed by atoms with van der Waals surface area (Å²) in [5, 5.41) is 8.80. The van der Waals surface area contributed by atoms with Crippen molar-refractivity contribution in [3.05, 3.63) is 29.3 Å². The quantitative estimate of drug-likeness (QED) is 0.520. The third-order valence-electron chi connectivity index (χ3n) is 1.62. The van der Waals surface area contributed by atoms with Crippen LogP contribution in [0, 0.1) is 23.2 Å². The summed E-state index contributed by atoms with van der Waals surface area (Å²) < 4.78 is 5.00. The molecule has 70 valence electrons. The zero-order valence-corrected chi connectivity index (χ0v) is 8.43. The van der Waals surface area contributed by atoms with Gasteiger partial charge in [0.2, 0.25) is 0 Å². The van der Waals surface area contributed by atoms with E-state index in [9.17, 15) is 0 Å². The van der Waals surface area contributed by atoms with Gasteiger partial charge in [-0.3, -0.25) is 0 Å². The highest BCUT2D eigenvalue weighted by Gasteiger charge is 2.01. The lowest BCUT2D eigenvalue weighted by atomic mass is 10.1. The van der Waals surface area contributed by atoms with Crippen LogP contribution in [0.15, 0.2) is 18.2 Å². The van der Waals surface area contributed by atoms with E-state index in [4.69, 9.17) is 21.6 Å². The maximum Gasteiger partial charge on any atom is 0.136 e. The van der Waals surface area contributed by atoms with E-state index < -0.39 is 0 Å². The Morgan fingerprint density at radius 1 is 1.50 bits per heavy atom. The molecule has 1 aromatic rings. The number of halogens is 1. The molecule has 0 saturated heterocycles. The van der Waals surface area contributed by atoms with Gasteiger partial charge >= 0.3 is 0 Å². The first-order valence-corrected chi connectivity index (χ1v) is 4.48. The second-order valence-electron chi connectivity index (χ2n) is 2.46. The van der Waals surface area contributed by atoms with E-state index >= 15 is 0 Å². The average Bonchev–Trinajstić information content (AvgIpc) is 2.25. The van der Waals surface area contributed by atoms with E-state index in [-0.39, 0.29) is 5.88 Å². The Hall–Kier alpha value is -1.64. The Morgan fingerprint density at radius 2 is 2.29 bits per heavy atom. The predicted octanol–water partition coefficient (Wildman–Crippen LogP) is 2.16. The molecule has 1 aromatic carbocycles. The largest absolute Gasteiger partial charge is 0.495 e. The molecule has 14 heavy (non-hydrogen) atoms. The molecule has 3 heteroatoms. The molecule has 0 amide bonds. The minimum Gasteiger partial charge on any atom is -0.495 e. The van der Waals surface area contributed by atoms with Crippen LogP contribution < -0.4 is 4.74 Å². The SMILES string of the molecule is COc1ccc(C#CCCl)cc1C#N. The summed E-state index contributed by atoms with van der Waals surface area (Å²) in [6, 6.07) is 7.23. The smallest absolute Gasteiger partial charge is 0.136 e. The molecule has 0 radical (unpaired) electrons. The predicted molar refractivity (Wildman–Crippen MR) is 55.3 cm³/mol. The summed E-state index contributed by atoms with van der Waals surface area (Å²) in [5.41, 5.74) is 1.25. The number of nitrogens with zero attached hydrogens (tertiary/aromatic N) is 1. The van der Waals surface area contributed by atoms with Crippen molar-refractivity contribution in [2.75, 3.05) is 13.0 Å². The van der Waals surface area contributed by atoms with Gasteiger partial charge in [0, 0.05) is 5.56 Å². The minimum absolute atomic E-state index is 0.286. The molecule has 0 aliphatic heterocycles. The maximum absolute atomic E-state index is 8.80. The van der Waals surface area contributed by atoms with E-state index in [1.165, 1.54) is 7.11 Å². The molecule has 0 saturated carbocycles. The summed E-state index contributed by atoms with van der Waals surface area (Å²) >= 11 is 5.42. The molecule has 2 nitrogen and oxygen atoms in total. The molecule has 0 aliphatic rings. The molecule has 0 unspecified atom stereocenters. The Kier molecular flexibility index (Phi) is 3.85. The highest BCUT2D eigenvalue weighted by molar-refractivity contribution is 6.19. The lowest BCUT2D eigenvalue weighted by molar-refractivity contribution is 0.413. The van der Waals surface area contributed by atoms with Crippen molar-refractivity contribution >= 4 is 11.6 Å². The Morgan fingerprint density at radius 3 is 2.86 bits per heavy atom. The van der Waals surface area contributed by atoms with E-state index in [0.717, 1.165) is 5.56 Å². The summed E-state index contributed by atoms with van der Waals surface area (Å²) in [6.45, 7) is 0. The lowest BCUT2D eigenvalue weighted by Gasteiger charge is -2.01. The van der Waals surface area contributed by atoms with E-state index in [1.54, 1.807) is 18.2 Å². The number of rotatable bonds is 1. The molecule has 0 bridgehead atoms. The van der Waals surface area contributed by atoms with Gasteiger partial charge in [-0.25, -0.2) is 0 Å². The Bertz CT molecular complexity index is 423. The van der Waals surface area contributed by atoms with Gasteiger partial charge in [-0.05, 0) is 18.2 Å². The van der Waals surface area contributed by atoms with Crippen molar-refractivity contribution in [3.63, 3.8) is 0 Å². The molecule has 0 fully saturated rings. The molecule has 0 heterocycles. The van der Waals surface area contributed by atoms with Gasteiger partial charge in [-0.1, -0.05) is 11.8 Å². The van der Waals surface area contributed by atoms with Crippen LogP contribution in [0.2, 0.25) is 0 Å². The van der Waals surface area contributed by atoms with Crippen LogP contribution in [0.25, 0.3) is 0 Å². The van der Waals surface area contributed by atoms with Gasteiger partial charge in [0.1, 0.15) is 11.8 Å². The molecule has 0 aliphatic carbocycles. The summed E-state index contributed by atoms with van der Waals surface area (Å²) in [4.78, 5) is 0. The highest BCUT2D eigenvalue weighted by atomic mass is 35.5. The van der Waals surface area contributed by atoms with Crippen LogP contribution in [-0.2, 0) is 0 Å². The summed E-state index contributed by atoms with van der Waals surface area (Å²) in [6.07, 6.45) is 0. The Balaban J connectivity index is 3.09. The zero-order valence-electron chi connectivity index (χ0n) is 7.67. The van der Waals surface area contributed by atoms with Crippen LogP contribution in [0.5, 0.6) is 5.75 Å². The van der Waals surface area contributed by atoms with Crippen LogP contribution >= 0.6 is 11.6 Å². The second kappa shape index (κ2) is 5.17. The number of nitriles is 1. The van der Waals surface area contributed by atoms with Gasteiger partial charge in [-0.15, -0.1) is 11.6 Å². The van der Waals surface area contributed by atoms with Gasteiger partial charge in [0.25, 0.3) is 0 Å². The molecule has 0 aromatic heterocycles. The molecule has 1 rings (SSSR count). The normalized spacial score (nSPS) is 8.36. The van der Waals surface area contributed by atoms with E-state index in [2.05, 4.69) is 11.8 Å². The minimum atomic E-state index is 0.286. The second-order valence-corrected chi connectivity index (χ2v) is 2.73. The van der Waals surface area contributed by atoms with E-state index in [1.807, 2.05) is 6.07 Å². The van der Waals surface area contributed by atoms with Gasteiger partial charge in [0.15, 0.2) is 0 Å². The van der Waals surface area contributed by atoms with E-state index in [0.29, 0.717) is 11.3 Å². The first kappa shape index (κ1) is 10.4. The number of hydrogen-bond acceptors (Lipinski definition) is 2. The maximum atomic E-state index is 8.80. The first-order valence-electron chi connectivity index (χ1n) is 3.94. The third kappa shape index (κ3) is 2.42. The third-order valence-corrected chi connectivity index (χ3v) is 1.75. The lowest BCUT2D eigenvalue weighted by Crippen LogP contribution is -1.88. The average molecular weight is 206 g/mol. The molecular formula is C11H8ClNO. The molecule has 0 atom stereocenters.